The number of rotatable bonds is 4. The summed E-state index contributed by atoms with van der Waals surface area (Å²) in [4.78, 5) is 0. The molecule has 2 fully saturated rings. The van der Waals surface area contributed by atoms with Crippen molar-refractivity contribution >= 4 is 22.4 Å². The Kier molecular flexibility index (Phi) is 5.90. The molecule has 1 N–H and O–H groups in total. The van der Waals surface area contributed by atoms with E-state index in [1.165, 1.54) is 19.3 Å². The van der Waals surface area contributed by atoms with Gasteiger partial charge in [0.1, 0.15) is 0 Å². The van der Waals surface area contributed by atoms with E-state index in [1.54, 1.807) is 4.31 Å². The summed E-state index contributed by atoms with van der Waals surface area (Å²) >= 11 is 0. The molecule has 108 valence electrons. The fourth-order valence-electron chi connectivity index (χ4n) is 2.59. The van der Waals surface area contributed by atoms with E-state index >= 15 is 0 Å². The van der Waals surface area contributed by atoms with Crippen LogP contribution in [-0.2, 0) is 10.0 Å². The standard InChI is InChI=1S/C12H24N2O2S.ClH/c1-10-9-14(11(2)8-13-10)17(15,16)7-6-12-4-3-5-12;/h10-13H,3-9H2,1-2H3;1H. The Bertz CT molecular complexity index is 357. The molecular weight excluding hydrogens is 272 g/mol. The lowest BCUT2D eigenvalue weighted by Crippen LogP contribution is -2.56. The van der Waals surface area contributed by atoms with Crippen LogP contribution in [0, 0.1) is 5.92 Å². The second kappa shape index (κ2) is 6.55. The fraction of sp³-hybridized carbons (Fsp3) is 1.00. The Morgan fingerprint density at radius 3 is 2.50 bits per heavy atom. The van der Waals surface area contributed by atoms with Crippen molar-refractivity contribution in [3.8, 4) is 0 Å². The van der Waals surface area contributed by atoms with Crippen molar-refractivity contribution < 1.29 is 8.42 Å². The summed E-state index contributed by atoms with van der Waals surface area (Å²) in [6, 6.07) is 0.363. The first kappa shape index (κ1) is 16.2. The summed E-state index contributed by atoms with van der Waals surface area (Å²) < 4.78 is 26.3. The molecule has 6 heteroatoms. The van der Waals surface area contributed by atoms with Gasteiger partial charge in [0.15, 0.2) is 0 Å². The van der Waals surface area contributed by atoms with Crippen molar-refractivity contribution in [2.45, 2.75) is 51.6 Å². The van der Waals surface area contributed by atoms with Gasteiger partial charge in [-0.2, -0.15) is 4.31 Å². The topological polar surface area (TPSA) is 49.4 Å². The van der Waals surface area contributed by atoms with E-state index in [1.807, 2.05) is 13.8 Å². The van der Waals surface area contributed by atoms with Crippen LogP contribution in [-0.4, -0.2) is 43.6 Å². The molecule has 0 amide bonds. The van der Waals surface area contributed by atoms with Gasteiger partial charge in [-0.25, -0.2) is 8.42 Å². The van der Waals surface area contributed by atoms with E-state index < -0.39 is 10.0 Å². The molecule has 1 saturated heterocycles. The third-order valence-electron chi connectivity index (χ3n) is 4.07. The van der Waals surface area contributed by atoms with Crippen LogP contribution in [0.2, 0.25) is 0 Å². The number of sulfonamides is 1. The van der Waals surface area contributed by atoms with Gasteiger partial charge in [-0.3, -0.25) is 0 Å². The maximum Gasteiger partial charge on any atom is 0.214 e. The second-order valence-corrected chi connectivity index (χ2v) is 7.67. The minimum Gasteiger partial charge on any atom is -0.311 e. The first-order valence-electron chi connectivity index (χ1n) is 6.72. The van der Waals surface area contributed by atoms with Crippen LogP contribution in [0.3, 0.4) is 0 Å². The van der Waals surface area contributed by atoms with Crippen LogP contribution >= 0.6 is 12.4 Å². The molecule has 0 aromatic carbocycles. The van der Waals surface area contributed by atoms with Gasteiger partial charge >= 0.3 is 0 Å². The van der Waals surface area contributed by atoms with Gasteiger partial charge in [-0.1, -0.05) is 19.3 Å². The van der Waals surface area contributed by atoms with Crippen molar-refractivity contribution in [3.05, 3.63) is 0 Å². The van der Waals surface area contributed by atoms with Crippen LogP contribution in [0.4, 0.5) is 0 Å². The van der Waals surface area contributed by atoms with Crippen molar-refractivity contribution in [1.82, 2.24) is 9.62 Å². The first-order valence-corrected chi connectivity index (χ1v) is 8.33. The molecule has 4 nitrogen and oxygen atoms in total. The summed E-state index contributed by atoms with van der Waals surface area (Å²) in [7, 11) is -3.04. The van der Waals surface area contributed by atoms with E-state index in [0.29, 0.717) is 18.2 Å². The molecule has 1 aliphatic heterocycles. The molecule has 0 radical (unpaired) electrons. The minimum absolute atomic E-state index is 0. The monoisotopic (exact) mass is 296 g/mol. The second-order valence-electron chi connectivity index (χ2n) is 5.63. The molecule has 2 unspecified atom stereocenters. The summed E-state index contributed by atoms with van der Waals surface area (Å²) in [5.74, 6) is 1.01. The van der Waals surface area contributed by atoms with E-state index in [0.717, 1.165) is 13.0 Å². The molecule has 18 heavy (non-hydrogen) atoms. The Hall–Kier alpha value is 0.160. The zero-order chi connectivity index (χ0) is 12.5. The average molecular weight is 297 g/mol. The van der Waals surface area contributed by atoms with Gasteiger partial charge in [0.05, 0.1) is 5.75 Å². The molecule has 0 bridgehead atoms. The SMILES string of the molecule is CC1CN(S(=O)(=O)CCC2CCC2)C(C)CN1.Cl. The zero-order valence-corrected chi connectivity index (χ0v) is 12.9. The molecule has 2 atom stereocenters. The van der Waals surface area contributed by atoms with E-state index in [-0.39, 0.29) is 24.5 Å². The maximum absolute atomic E-state index is 12.3. The highest BCUT2D eigenvalue weighted by molar-refractivity contribution is 7.89. The third-order valence-corrected chi connectivity index (χ3v) is 6.05. The number of piperazine rings is 1. The summed E-state index contributed by atoms with van der Waals surface area (Å²) in [6.07, 6.45) is 4.59. The Morgan fingerprint density at radius 2 is 1.94 bits per heavy atom. The lowest BCUT2D eigenvalue weighted by molar-refractivity contribution is 0.242. The van der Waals surface area contributed by atoms with Crippen LogP contribution in [0.15, 0.2) is 0 Å². The maximum atomic E-state index is 12.3. The smallest absolute Gasteiger partial charge is 0.214 e. The third kappa shape index (κ3) is 3.83. The highest BCUT2D eigenvalue weighted by Gasteiger charge is 2.32. The zero-order valence-electron chi connectivity index (χ0n) is 11.3. The Morgan fingerprint density at radius 1 is 1.28 bits per heavy atom. The largest absolute Gasteiger partial charge is 0.311 e. The summed E-state index contributed by atoms with van der Waals surface area (Å²) in [5.41, 5.74) is 0. The molecule has 0 aromatic heterocycles. The van der Waals surface area contributed by atoms with Crippen LogP contribution < -0.4 is 5.32 Å². The van der Waals surface area contributed by atoms with Gasteiger partial charge < -0.3 is 5.32 Å². The Balaban J connectivity index is 0.00000162. The highest BCUT2D eigenvalue weighted by Crippen LogP contribution is 2.30. The summed E-state index contributed by atoms with van der Waals surface area (Å²) in [5, 5.41) is 3.31. The molecule has 0 spiro atoms. The molecular formula is C12H25ClN2O2S. The fourth-order valence-corrected chi connectivity index (χ4v) is 4.53. The molecule has 1 saturated carbocycles. The minimum atomic E-state index is -3.04. The van der Waals surface area contributed by atoms with Crippen LogP contribution in [0.25, 0.3) is 0 Å². The van der Waals surface area contributed by atoms with Crippen molar-refractivity contribution in [2.24, 2.45) is 5.92 Å². The highest BCUT2D eigenvalue weighted by atomic mass is 35.5. The van der Waals surface area contributed by atoms with Crippen molar-refractivity contribution in [2.75, 3.05) is 18.8 Å². The van der Waals surface area contributed by atoms with Gasteiger partial charge in [0.2, 0.25) is 10.0 Å². The first-order chi connectivity index (χ1) is 7.99. The molecule has 1 aliphatic carbocycles. The van der Waals surface area contributed by atoms with Gasteiger partial charge in [-0.15, -0.1) is 12.4 Å². The Labute approximate surface area is 117 Å². The number of hydrogen-bond acceptors (Lipinski definition) is 3. The number of nitrogens with zero attached hydrogens (tertiary/aromatic N) is 1. The van der Waals surface area contributed by atoms with Crippen molar-refractivity contribution in [3.63, 3.8) is 0 Å². The molecule has 1 heterocycles. The van der Waals surface area contributed by atoms with Crippen LogP contribution in [0.1, 0.15) is 39.5 Å². The van der Waals surface area contributed by atoms with Crippen LogP contribution in [0.5, 0.6) is 0 Å². The van der Waals surface area contributed by atoms with Gasteiger partial charge in [0, 0.05) is 25.2 Å². The predicted molar refractivity (Wildman–Crippen MR) is 76.6 cm³/mol. The lowest BCUT2D eigenvalue weighted by Gasteiger charge is -2.37. The summed E-state index contributed by atoms with van der Waals surface area (Å²) in [6.45, 7) is 5.41. The average Bonchev–Trinajstić information content (AvgIpc) is 2.19. The number of nitrogens with one attached hydrogen (secondary N) is 1. The predicted octanol–water partition coefficient (Wildman–Crippen LogP) is 1.61. The number of halogens is 1. The number of hydrogen-bond donors (Lipinski definition) is 1. The normalized spacial score (nSPS) is 30.6. The van der Waals surface area contributed by atoms with E-state index in [2.05, 4.69) is 5.32 Å². The van der Waals surface area contributed by atoms with Gasteiger partial charge in [0.25, 0.3) is 0 Å². The molecule has 2 aliphatic rings. The van der Waals surface area contributed by atoms with E-state index in [9.17, 15) is 8.42 Å². The van der Waals surface area contributed by atoms with Gasteiger partial charge in [-0.05, 0) is 26.2 Å². The molecule has 0 aromatic rings. The quantitative estimate of drug-likeness (QED) is 0.857. The lowest BCUT2D eigenvalue weighted by atomic mass is 9.84. The van der Waals surface area contributed by atoms with E-state index in [4.69, 9.17) is 0 Å². The molecule has 2 rings (SSSR count). The van der Waals surface area contributed by atoms with Crippen molar-refractivity contribution in [1.29, 1.82) is 0 Å².